The monoisotopic (exact) mass is 467 g/mol. The van der Waals surface area contributed by atoms with E-state index in [4.69, 9.17) is 0 Å². The first-order valence-corrected chi connectivity index (χ1v) is 12.1. The van der Waals surface area contributed by atoms with Crippen molar-refractivity contribution in [3.63, 3.8) is 0 Å². The highest BCUT2D eigenvalue weighted by atomic mass is 16.2. The predicted molar refractivity (Wildman–Crippen MR) is 134 cm³/mol. The van der Waals surface area contributed by atoms with E-state index in [9.17, 15) is 14.4 Å². The van der Waals surface area contributed by atoms with Crippen molar-refractivity contribution in [2.45, 2.75) is 43.7 Å². The van der Waals surface area contributed by atoms with Gasteiger partial charge in [0.05, 0.1) is 6.04 Å². The molecule has 4 amide bonds. The fourth-order valence-electron chi connectivity index (χ4n) is 5.30. The zero-order valence-corrected chi connectivity index (χ0v) is 19.6. The number of hydrogen-bond acceptors (Lipinski definition) is 3. The van der Waals surface area contributed by atoms with Gasteiger partial charge in [0.25, 0.3) is 5.91 Å². The largest absolute Gasteiger partial charge is 0.348 e. The molecule has 1 fully saturated rings. The average molecular weight is 468 g/mol. The van der Waals surface area contributed by atoms with Crippen molar-refractivity contribution < 1.29 is 14.4 Å². The summed E-state index contributed by atoms with van der Waals surface area (Å²) in [4.78, 5) is 40.8. The standard InChI is InChI=1S/C29H29N3O3/c33-26(30-25-17-9-15-23-14-7-8-16-24(23)25)20-32-27(34)29(31-28(32)35,18-21-10-3-1-4-11-21)19-22-12-5-2-6-13-22/h1-8,10-14,16,25H,9,15,17-20H2,(H,30,33)(H,31,35). The molecular weight excluding hydrogens is 438 g/mol. The zero-order valence-electron chi connectivity index (χ0n) is 19.6. The first-order valence-electron chi connectivity index (χ1n) is 12.1. The molecule has 3 aromatic rings. The number of amides is 4. The molecule has 2 aliphatic rings. The van der Waals surface area contributed by atoms with E-state index in [2.05, 4.69) is 16.7 Å². The molecule has 0 spiro atoms. The molecule has 5 rings (SSSR count). The van der Waals surface area contributed by atoms with Crippen LogP contribution in [0.1, 0.15) is 41.1 Å². The highest BCUT2D eigenvalue weighted by Crippen LogP contribution is 2.30. The Balaban J connectivity index is 1.35. The van der Waals surface area contributed by atoms with Gasteiger partial charge in [-0.15, -0.1) is 0 Å². The Labute approximate surface area is 205 Å². The van der Waals surface area contributed by atoms with Gasteiger partial charge in [0.2, 0.25) is 5.91 Å². The molecule has 6 heteroatoms. The van der Waals surface area contributed by atoms with E-state index in [0.717, 1.165) is 40.9 Å². The Morgan fingerprint density at radius 2 is 1.49 bits per heavy atom. The minimum absolute atomic E-state index is 0.105. The van der Waals surface area contributed by atoms with Gasteiger partial charge in [-0.1, -0.05) is 84.9 Å². The number of fused-ring (bicyclic) bond motifs is 1. The quantitative estimate of drug-likeness (QED) is 0.517. The van der Waals surface area contributed by atoms with Gasteiger partial charge < -0.3 is 10.6 Å². The number of aryl methyl sites for hydroxylation is 1. The molecule has 2 N–H and O–H groups in total. The molecule has 0 aromatic heterocycles. The van der Waals surface area contributed by atoms with E-state index in [1.165, 1.54) is 5.56 Å². The Bertz CT molecular complexity index is 1180. The topological polar surface area (TPSA) is 78.5 Å². The molecule has 3 aromatic carbocycles. The lowest BCUT2D eigenvalue weighted by atomic mass is 9.84. The number of nitrogens with zero attached hydrogens (tertiary/aromatic N) is 1. The second-order valence-corrected chi connectivity index (χ2v) is 9.44. The lowest BCUT2D eigenvalue weighted by Gasteiger charge is -2.28. The van der Waals surface area contributed by atoms with Crippen LogP contribution in [0.15, 0.2) is 84.9 Å². The Hall–Kier alpha value is -3.93. The lowest BCUT2D eigenvalue weighted by Crippen LogP contribution is -2.51. The Morgan fingerprint density at radius 3 is 2.14 bits per heavy atom. The lowest BCUT2D eigenvalue weighted by molar-refractivity contribution is -0.135. The third-order valence-electron chi connectivity index (χ3n) is 6.95. The molecule has 1 aliphatic heterocycles. The van der Waals surface area contributed by atoms with Crippen molar-refractivity contribution in [3.8, 4) is 0 Å². The van der Waals surface area contributed by atoms with Gasteiger partial charge in [-0.25, -0.2) is 4.79 Å². The first kappa shape index (κ1) is 22.8. The number of imide groups is 1. The maximum atomic E-state index is 13.7. The van der Waals surface area contributed by atoms with Gasteiger partial charge in [-0.2, -0.15) is 0 Å². The molecule has 1 saturated heterocycles. The second-order valence-electron chi connectivity index (χ2n) is 9.44. The van der Waals surface area contributed by atoms with Crippen LogP contribution < -0.4 is 10.6 Å². The van der Waals surface area contributed by atoms with E-state index in [-0.39, 0.29) is 24.4 Å². The summed E-state index contributed by atoms with van der Waals surface area (Å²) >= 11 is 0. The fourth-order valence-corrected chi connectivity index (χ4v) is 5.30. The Morgan fingerprint density at radius 1 is 0.886 bits per heavy atom. The highest BCUT2D eigenvalue weighted by Gasteiger charge is 2.51. The summed E-state index contributed by atoms with van der Waals surface area (Å²) in [5.74, 6) is -0.695. The number of urea groups is 1. The van der Waals surface area contributed by atoms with Crippen LogP contribution in [0.4, 0.5) is 4.79 Å². The summed E-state index contributed by atoms with van der Waals surface area (Å²) in [6, 6.07) is 26.8. The number of nitrogens with one attached hydrogen (secondary N) is 2. The van der Waals surface area contributed by atoms with Crippen molar-refractivity contribution in [3.05, 3.63) is 107 Å². The molecule has 0 saturated carbocycles. The normalized spacial score (nSPS) is 18.6. The summed E-state index contributed by atoms with van der Waals surface area (Å²) in [6.45, 7) is -0.297. The SMILES string of the molecule is O=C(CN1C(=O)NC(Cc2ccccc2)(Cc2ccccc2)C1=O)NC1CCCc2ccccc21. The van der Waals surface area contributed by atoms with Crippen molar-refractivity contribution in [2.24, 2.45) is 0 Å². The van der Waals surface area contributed by atoms with Crippen molar-refractivity contribution in [1.82, 2.24) is 15.5 Å². The smallest absolute Gasteiger partial charge is 0.325 e. The molecule has 1 heterocycles. The number of carbonyl (C=O) groups excluding carboxylic acids is 3. The number of rotatable bonds is 7. The molecule has 178 valence electrons. The summed E-state index contributed by atoms with van der Waals surface area (Å²) in [6.07, 6.45) is 3.52. The van der Waals surface area contributed by atoms with Crippen molar-refractivity contribution >= 4 is 17.8 Å². The minimum Gasteiger partial charge on any atom is -0.348 e. The molecule has 0 radical (unpaired) electrons. The minimum atomic E-state index is -1.14. The zero-order chi connectivity index (χ0) is 24.3. The van der Waals surface area contributed by atoms with E-state index in [0.29, 0.717) is 12.8 Å². The maximum absolute atomic E-state index is 13.7. The van der Waals surface area contributed by atoms with E-state index in [1.54, 1.807) is 0 Å². The summed E-state index contributed by atoms with van der Waals surface area (Å²) in [7, 11) is 0. The van der Waals surface area contributed by atoms with Crippen LogP contribution >= 0.6 is 0 Å². The molecule has 6 nitrogen and oxygen atoms in total. The van der Waals surface area contributed by atoms with Crippen LogP contribution in [0.5, 0.6) is 0 Å². The van der Waals surface area contributed by atoms with Gasteiger partial charge in [-0.05, 0) is 41.5 Å². The van der Waals surface area contributed by atoms with Crippen LogP contribution in [-0.4, -0.2) is 34.8 Å². The third kappa shape index (κ3) is 4.83. The second kappa shape index (κ2) is 9.74. The fraction of sp³-hybridized carbons (Fsp3) is 0.276. The van der Waals surface area contributed by atoms with Crippen LogP contribution in [0.2, 0.25) is 0 Å². The van der Waals surface area contributed by atoms with Crippen LogP contribution in [0.25, 0.3) is 0 Å². The Kier molecular flexibility index (Phi) is 6.36. The highest BCUT2D eigenvalue weighted by molar-refractivity contribution is 6.09. The molecule has 1 atom stereocenters. The average Bonchev–Trinajstić information content (AvgIpc) is 3.09. The van der Waals surface area contributed by atoms with Crippen LogP contribution in [0.3, 0.4) is 0 Å². The third-order valence-corrected chi connectivity index (χ3v) is 6.95. The van der Waals surface area contributed by atoms with Gasteiger partial charge in [0.1, 0.15) is 12.1 Å². The van der Waals surface area contributed by atoms with Gasteiger partial charge in [-0.3, -0.25) is 14.5 Å². The van der Waals surface area contributed by atoms with Crippen molar-refractivity contribution in [2.75, 3.05) is 6.54 Å². The van der Waals surface area contributed by atoms with E-state index in [1.807, 2.05) is 78.9 Å². The summed E-state index contributed by atoms with van der Waals surface area (Å²) < 4.78 is 0. The first-order chi connectivity index (χ1) is 17.0. The van der Waals surface area contributed by atoms with E-state index < -0.39 is 11.6 Å². The molecule has 0 bridgehead atoms. The van der Waals surface area contributed by atoms with E-state index >= 15 is 0 Å². The number of benzene rings is 3. The van der Waals surface area contributed by atoms with Gasteiger partial charge in [0, 0.05) is 12.8 Å². The number of hydrogen-bond donors (Lipinski definition) is 2. The molecular formula is C29H29N3O3. The number of carbonyl (C=O) groups is 3. The molecule has 1 aliphatic carbocycles. The molecule has 1 unspecified atom stereocenters. The van der Waals surface area contributed by atoms with Crippen molar-refractivity contribution in [1.29, 1.82) is 0 Å². The summed E-state index contributed by atoms with van der Waals surface area (Å²) in [5, 5.41) is 6.00. The van der Waals surface area contributed by atoms with Crippen LogP contribution in [0, 0.1) is 0 Å². The maximum Gasteiger partial charge on any atom is 0.325 e. The molecule has 35 heavy (non-hydrogen) atoms. The summed E-state index contributed by atoms with van der Waals surface area (Å²) in [5.41, 5.74) is 3.11. The van der Waals surface area contributed by atoms with Gasteiger partial charge >= 0.3 is 6.03 Å². The van der Waals surface area contributed by atoms with Crippen LogP contribution in [-0.2, 0) is 28.9 Å². The van der Waals surface area contributed by atoms with Gasteiger partial charge in [0.15, 0.2) is 0 Å². The predicted octanol–water partition coefficient (Wildman–Crippen LogP) is 3.96.